The SMILES string of the molecule is CC[C@H](C)[C@H](NC(=O)[C@H](CCC(N)=O)NC(C)=O)C(=O)N[C@@H](Cc1ccc(O)cc1)C(=O)N[C@@H](CCCN)C(=O)N[C@@H](CCCN)C(=O)N[C@@H](Cc1ccc2ccccc2c1)C(=O)N[C@@H](CC(C)C)C(N)=O. The average Bonchev–Trinajstić information content (AvgIpc) is 3.33. The number of primary amides is 2. The minimum atomic E-state index is -1.38. The Hall–Kier alpha value is -7.13. The first-order chi connectivity index (χ1) is 34.1. The van der Waals surface area contributed by atoms with Crippen molar-refractivity contribution in [2.24, 2.45) is 34.8 Å². The van der Waals surface area contributed by atoms with Crippen LogP contribution < -0.4 is 60.2 Å². The normalized spacial score (nSPS) is 14.5. The van der Waals surface area contributed by atoms with Crippen molar-refractivity contribution >= 4 is 63.9 Å². The zero-order chi connectivity index (χ0) is 53.5. The van der Waals surface area contributed by atoms with Gasteiger partial charge in [-0.15, -0.1) is 0 Å². The Morgan fingerprint density at radius 2 is 1.00 bits per heavy atom. The van der Waals surface area contributed by atoms with Crippen LogP contribution in [-0.4, -0.2) is 114 Å². The highest BCUT2D eigenvalue weighted by Gasteiger charge is 2.35. The summed E-state index contributed by atoms with van der Waals surface area (Å²) in [4.78, 5) is 121. The fraction of sp³-hybridized carbons (Fsp3) is 0.510. The second-order valence-corrected chi connectivity index (χ2v) is 18.6. The number of hydrogen-bond donors (Lipinski definition) is 12. The van der Waals surface area contributed by atoms with Gasteiger partial charge in [-0.3, -0.25) is 43.2 Å². The second-order valence-electron chi connectivity index (χ2n) is 18.6. The van der Waals surface area contributed by atoms with Gasteiger partial charge in [0.25, 0.3) is 0 Å². The van der Waals surface area contributed by atoms with Gasteiger partial charge in [0.1, 0.15) is 48.0 Å². The summed E-state index contributed by atoms with van der Waals surface area (Å²) in [7, 11) is 0. The number of phenolic OH excluding ortho intramolecular Hbond substituents is 1. The Labute approximate surface area is 420 Å². The van der Waals surface area contributed by atoms with Crippen molar-refractivity contribution in [3.05, 3.63) is 77.9 Å². The van der Waals surface area contributed by atoms with E-state index < -0.39 is 101 Å². The van der Waals surface area contributed by atoms with Crippen LogP contribution in [0.3, 0.4) is 0 Å². The summed E-state index contributed by atoms with van der Waals surface area (Å²) < 4.78 is 0. The molecular formula is C51H75N11O10. The van der Waals surface area contributed by atoms with E-state index in [0.717, 1.165) is 10.8 Å². The lowest BCUT2D eigenvalue weighted by Crippen LogP contribution is -2.61. The van der Waals surface area contributed by atoms with E-state index >= 15 is 0 Å². The molecular weight excluding hydrogens is 927 g/mol. The van der Waals surface area contributed by atoms with E-state index in [0.29, 0.717) is 17.5 Å². The van der Waals surface area contributed by atoms with E-state index in [-0.39, 0.29) is 82.5 Å². The van der Waals surface area contributed by atoms with Crippen LogP contribution in [0.1, 0.15) is 97.1 Å². The van der Waals surface area contributed by atoms with Crippen molar-refractivity contribution in [3.8, 4) is 5.75 Å². The lowest BCUT2D eigenvalue weighted by molar-refractivity contribution is -0.136. The third kappa shape index (κ3) is 19.9. The number of nitrogens with two attached hydrogens (primary N) is 4. The fourth-order valence-electron chi connectivity index (χ4n) is 7.89. The molecule has 16 N–H and O–H groups in total. The molecule has 3 aromatic carbocycles. The molecule has 0 saturated heterocycles. The van der Waals surface area contributed by atoms with E-state index in [1.165, 1.54) is 31.2 Å². The van der Waals surface area contributed by atoms with E-state index in [1.54, 1.807) is 13.8 Å². The van der Waals surface area contributed by atoms with Gasteiger partial charge in [0.2, 0.25) is 53.2 Å². The smallest absolute Gasteiger partial charge is 0.243 e. The van der Waals surface area contributed by atoms with Crippen LogP contribution in [0.4, 0.5) is 0 Å². The molecule has 0 unspecified atom stereocenters. The number of hydrogen-bond acceptors (Lipinski definition) is 12. The second kappa shape index (κ2) is 29.9. The number of fused-ring (bicyclic) bond motifs is 1. The van der Waals surface area contributed by atoms with Gasteiger partial charge in [-0.2, -0.15) is 0 Å². The molecule has 0 bridgehead atoms. The Balaban J connectivity index is 1.96. The molecule has 8 atom stereocenters. The summed E-state index contributed by atoms with van der Waals surface area (Å²) in [6.07, 6.45) is 0.660. The molecule has 0 spiro atoms. The molecule has 3 rings (SSSR count). The molecule has 72 heavy (non-hydrogen) atoms. The quantitative estimate of drug-likeness (QED) is 0.0408. The molecule has 0 aromatic heterocycles. The zero-order valence-corrected chi connectivity index (χ0v) is 42.0. The summed E-state index contributed by atoms with van der Waals surface area (Å²) in [5, 5.41) is 30.6. The molecule has 9 amide bonds. The van der Waals surface area contributed by atoms with E-state index in [9.17, 15) is 48.3 Å². The van der Waals surface area contributed by atoms with Crippen LogP contribution in [0.2, 0.25) is 0 Å². The van der Waals surface area contributed by atoms with Gasteiger partial charge in [-0.05, 0) is 97.5 Å². The maximum Gasteiger partial charge on any atom is 0.243 e. The van der Waals surface area contributed by atoms with Crippen LogP contribution in [-0.2, 0) is 56.0 Å². The number of benzene rings is 3. The summed E-state index contributed by atoms with van der Waals surface area (Å²) in [6.45, 7) is 8.67. The molecule has 0 aliphatic carbocycles. The monoisotopic (exact) mass is 1000 g/mol. The molecule has 21 nitrogen and oxygen atoms in total. The molecule has 0 heterocycles. The summed E-state index contributed by atoms with van der Waals surface area (Å²) >= 11 is 0. The first-order valence-corrected chi connectivity index (χ1v) is 24.5. The van der Waals surface area contributed by atoms with E-state index in [1.807, 2.05) is 56.3 Å². The minimum Gasteiger partial charge on any atom is -0.508 e. The summed E-state index contributed by atoms with van der Waals surface area (Å²) in [5.41, 5.74) is 23.9. The van der Waals surface area contributed by atoms with Crippen molar-refractivity contribution < 1.29 is 48.3 Å². The molecule has 0 radical (unpaired) electrons. The highest BCUT2D eigenvalue weighted by atomic mass is 16.3. The highest BCUT2D eigenvalue weighted by Crippen LogP contribution is 2.18. The molecule has 3 aromatic rings. The van der Waals surface area contributed by atoms with Gasteiger partial charge in [0.05, 0.1) is 0 Å². The van der Waals surface area contributed by atoms with Gasteiger partial charge >= 0.3 is 0 Å². The van der Waals surface area contributed by atoms with E-state index in [2.05, 4.69) is 37.2 Å². The lowest BCUT2D eigenvalue weighted by Gasteiger charge is -2.29. The van der Waals surface area contributed by atoms with Crippen molar-refractivity contribution in [2.75, 3.05) is 13.1 Å². The van der Waals surface area contributed by atoms with Crippen molar-refractivity contribution in [2.45, 2.75) is 141 Å². The van der Waals surface area contributed by atoms with Gasteiger partial charge in [-0.25, -0.2) is 0 Å². The Bertz CT molecular complexity index is 2330. The molecule has 394 valence electrons. The topological polar surface area (TPSA) is 362 Å². The highest BCUT2D eigenvalue weighted by molar-refractivity contribution is 5.98. The number of aromatic hydroxyl groups is 1. The van der Waals surface area contributed by atoms with Crippen LogP contribution in [0.15, 0.2) is 66.7 Å². The summed E-state index contributed by atoms with van der Waals surface area (Å²) in [6, 6.07) is 10.4. The number of amides is 9. The number of carbonyl (C=O) groups is 9. The molecule has 0 aliphatic rings. The van der Waals surface area contributed by atoms with Gasteiger partial charge < -0.3 is 65.3 Å². The van der Waals surface area contributed by atoms with Gasteiger partial charge in [0, 0.05) is 26.2 Å². The number of rotatable bonds is 31. The fourth-order valence-corrected chi connectivity index (χ4v) is 7.89. The Morgan fingerprint density at radius 3 is 1.50 bits per heavy atom. The third-order valence-corrected chi connectivity index (χ3v) is 12.1. The average molecular weight is 1000 g/mol. The first kappa shape index (κ1) is 59.2. The zero-order valence-electron chi connectivity index (χ0n) is 42.0. The summed E-state index contributed by atoms with van der Waals surface area (Å²) in [5.74, 6) is -7.14. The van der Waals surface area contributed by atoms with Crippen molar-refractivity contribution in [1.29, 1.82) is 0 Å². The maximum absolute atomic E-state index is 14.4. The lowest BCUT2D eigenvalue weighted by atomic mass is 9.96. The van der Waals surface area contributed by atoms with E-state index in [4.69, 9.17) is 22.9 Å². The van der Waals surface area contributed by atoms with Crippen LogP contribution in [0.25, 0.3) is 10.8 Å². The number of carbonyl (C=O) groups excluding carboxylic acids is 9. The predicted molar refractivity (Wildman–Crippen MR) is 272 cm³/mol. The standard InChI is InChI=1S/C51H75N11O10/c1-6-30(4)44(62-48(69)39(56-31(5)63)21-22-43(54)65)51(72)61-41(27-32-16-19-36(64)20-17-32)49(70)58-37(13-9-23-52)46(67)57-38(14-10-24-53)47(68)60-42(50(71)59-40(45(55)66)25-29(2)3)28-33-15-18-34-11-7-8-12-35(34)26-33/h7-8,11-12,15-20,26,29-30,37-42,44,64H,6,9-10,13-14,21-25,27-28,52-53H2,1-5H3,(H2,54,65)(H2,55,66)(H,56,63)(H,57,67)(H,58,70)(H,59,71)(H,60,68)(H,61,72)(H,62,69)/t30-,37-,38-,39-,40-,41-,42-,44-/m0/s1. The van der Waals surface area contributed by atoms with Gasteiger partial charge in [0.15, 0.2) is 0 Å². The number of phenols is 1. The van der Waals surface area contributed by atoms with Crippen LogP contribution >= 0.6 is 0 Å². The van der Waals surface area contributed by atoms with Crippen LogP contribution in [0.5, 0.6) is 5.75 Å². The van der Waals surface area contributed by atoms with Gasteiger partial charge in [-0.1, -0.05) is 88.7 Å². The molecule has 0 aliphatic heterocycles. The Morgan fingerprint density at radius 1 is 0.542 bits per heavy atom. The molecule has 0 fully saturated rings. The first-order valence-electron chi connectivity index (χ1n) is 24.5. The Kier molecular flexibility index (Phi) is 24.6. The molecule has 21 heteroatoms. The van der Waals surface area contributed by atoms with Crippen molar-refractivity contribution in [1.82, 2.24) is 37.2 Å². The molecule has 0 saturated carbocycles. The van der Waals surface area contributed by atoms with Crippen molar-refractivity contribution in [3.63, 3.8) is 0 Å². The minimum absolute atomic E-state index is 0.00206. The largest absolute Gasteiger partial charge is 0.508 e. The van der Waals surface area contributed by atoms with Crippen LogP contribution in [0, 0.1) is 11.8 Å². The maximum atomic E-state index is 14.4. The number of nitrogens with one attached hydrogen (secondary N) is 7. The third-order valence-electron chi connectivity index (χ3n) is 12.1. The predicted octanol–water partition coefficient (Wildman–Crippen LogP) is 0.0649.